The summed E-state index contributed by atoms with van der Waals surface area (Å²) in [5.41, 5.74) is 0.483. The maximum atomic E-state index is 12.7. The highest BCUT2D eigenvalue weighted by Crippen LogP contribution is 2.07. The fourth-order valence-electron chi connectivity index (χ4n) is 1.34. The number of carbonyl (C=O) groups excluding carboxylic acids is 2. The van der Waals surface area contributed by atoms with Gasteiger partial charge in [-0.3, -0.25) is 9.59 Å². The molecule has 0 atom stereocenters. The molecule has 2 amide bonds. The second-order valence-electron chi connectivity index (χ2n) is 3.94. The molecule has 19 heavy (non-hydrogen) atoms. The third kappa shape index (κ3) is 5.48. The molecular formula is C13H17FN2O3. The Labute approximate surface area is 111 Å². The number of likely N-dealkylation sites (N-methyl/N-ethyl adjacent to an activating group) is 1. The maximum absolute atomic E-state index is 12.7. The van der Waals surface area contributed by atoms with Crippen molar-refractivity contribution in [3.8, 4) is 0 Å². The SMILES string of the molecule is CCOCC(=O)N(C)CC(=O)Nc1ccc(F)cc1. The molecule has 0 aliphatic heterocycles. The van der Waals surface area contributed by atoms with Crippen molar-refractivity contribution >= 4 is 17.5 Å². The molecule has 1 rings (SSSR count). The number of hydrogen-bond donors (Lipinski definition) is 1. The van der Waals surface area contributed by atoms with E-state index in [2.05, 4.69) is 5.32 Å². The largest absolute Gasteiger partial charge is 0.372 e. The Morgan fingerprint density at radius 2 is 1.95 bits per heavy atom. The molecule has 0 aliphatic rings. The van der Waals surface area contributed by atoms with Crippen molar-refractivity contribution in [1.29, 1.82) is 0 Å². The highest BCUT2D eigenvalue weighted by molar-refractivity contribution is 5.94. The van der Waals surface area contributed by atoms with E-state index in [4.69, 9.17) is 4.74 Å². The van der Waals surface area contributed by atoms with Crippen LogP contribution in [0.1, 0.15) is 6.92 Å². The Bertz CT molecular complexity index is 434. The molecule has 0 saturated heterocycles. The first kappa shape index (κ1) is 15.1. The number of nitrogens with one attached hydrogen (secondary N) is 1. The van der Waals surface area contributed by atoms with Crippen molar-refractivity contribution in [2.75, 3.05) is 32.1 Å². The van der Waals surface area contributed by atoms with E-state index in [1.54, 1.807) is 6.92 Å². The van der Waals surface area contributed by atoms with Crippen molar-refractivity contribution in [1.82, 2.24) is 4.90 Å². The molecule has 0 heterocycles. The van der Waals surface area contributed by atoms with Crippen LogP contribution in [0.5, 0.6) is 0 Å². The predicted octanol–water partition coefficient (Wildman–Crippen LogP) is 1.26. The lowest BCUT2D eigenvalue weighted by Crippen LogP contribution is -2.37. The number of rotatable bonds is 6. The second-order valence-corrected chi connectivity index (χ2v) is 3.94. The molecule has 1 aromatic carbocycles. The number of carbonyl (C=O) groups is 2. The molecule has 6 heteroatoms. The normalized spacial score (nSPS) is 10.1. The van der Waals surface area contributed by atoms with Gasteiger partial charge < -0.3 is 15.0 Å². The lowest BCUT2D eigenvalue weighted by molar-refractivity contribution is -0.137. The lowest BCUT2D eigenvalue weighted by Gasteiger charge is -2.16. The fraction of sp³-hybridized carbons (Fsp3) is 0.385. The van der Waals surface area contributed by atoms with Gasteiger partial charge in [-0.05, 0) is 31.2 Å². The number of amides is 2. The summed E-state index contributed by atoms with van der Waals surface area (Å²) in [6.07, 6.45) is 0. The summed E-state index contributed by atoms with van der Waals surface area (Å²) in [5.74, 6) is -0.989. The van der Waals surface area contributed by atoms with E-state index in [0.717, 1.165) is 0 Å². The quantitative estimate of drug-likeness (QED) is 0.845. The van der Waals surface area contributed by atoms with Gasteiger partial charge >= 0.3 is 0 Å². The van der Waals surface area contributed by atoms with Crippen LogP contribution in [0, 0.1) is 5.82 Å². The number of benzene rings is 1. The first-order valence-corrected chi connectivity index (χ1v) is 5.90. The van der Waals surface area contributed by atoms with Crippen molar-refractivity contribution in [2.45, 2.75) is 6.92 Å². The summed E-state index contributed by atoms with van der Waals surface area (Å²) in [5, 5.41) is 2.57. The van der Waals surface area contributed by atoms with Crippen LogP contribution >= 0.6 is 0 Å². The minimum absolute atomic E-state index is 0.0448. The molecule has 0 aliphatic carbocycles. The number of hydrogen-bond acceptors (Lipinski definition) is 3. The summed E-state index contributed by atoms with van der Waals surface area (Å²) in [7, 11) is 1.52. The van der Waals surface area contributed by atoms with Crippen LogP contribution in [0.2, 0.25) is 0 Å². The molecule has 0 fully saturated rings. The second kappa shape index (κ2) is 7.48. The Hall–Kier alpha value is -1.95. The van der Waals surface area contributed by atoms with Gasteiger partial charge in [0.05, 0.1) is 6.54 Å². The van der Waals surface area contributed by atoms with Crippen molar-refractivity contribution < 1.29 is 18.7 Å². The standard InChI is InChI=1S/C13H17FN2O3/c1-3-19-9-13(18)16(2)8-12(17)15-11-6-4-10(14)5-7-11/h4-7H,3,8-9H2,1-2H3,(H,15,17). The van der Waals surface area contributed by atoms with Gasteiger partial charge in [-0.1, -0.05) is 0 Å². The van der Waals surface area contributed by atoms with E-state index in [1.165, 1.54) is 36.2 Å². The molecule has 1 aromatic rings. The summed E-state index contributed by atoms with van der Waals surface area (Å²) in [6, 6.07) is 5.41. The average Bonchev–Trinajstić information content (AvgIpc) is 2.38. The number of nitrogens with zero attached hydrogens (tertiary/aromatic N) is 1. The van der Waals surface area contributed by atoms with Crippen LogP contribution in [-0.4, -0.2) is 43.5 Å². The van der Waals surface area contributed by atoms with Gasteiger partial charge in [0.25, 0.3) is 0 Å². The monoisotopic (exact) mass is 268 g/mol. The lowest BCUT2D eigenvalue weighted by atomic mass is 10.3. The first-order chi connectivity index (χ1) is 9.02. The van der Waals surface area contributed by atoms with E-state index in [1.807, 2.05) is 0 Å². The van der Waals surface area contributed by atoms with Crippen molar-refractivity contribution in [2.24, 2.45) is 0 Å². The topological polar surface area (TPSA) is 58.6 Å². The summed E-state index contributed by atoms with van der Waals surface area (Å²) < 4.78 is 17.6. The fourth-order valence-corrected chi connectivity index (χ4v) is 1.34. The Morgan fingerprint density at radius 1 is 1.32 bits per heavy atom. The zero-order chi connectivity index (χ0) is 14.3. The molecule has 5 nitrogen and oxygen atoms in total. The van der Waals surface area contributed by atoms with E-state index in [0.29, 0.717) is 12.3 Å². The minimum atomic E-state index is -0.373. The molecule has 104 valence electrons. The van der Waals surface area contributed by atoms with Gasteiger partial charge in [-0.15, -0.1) is 0 Å². The molecular weight excluding hydrogens is 251 g/mol. The van der Waals surface area contributed by atoms with Crippen molar-refractivity contribution in [3.63, 3.8) is 0 Å². The highest BCUT2D eigenvalue weighted by Gasteiger charge is 2.12. The van der Waals surface area contributed by atoms with Crippen LogP contribution < -0.4 is 5.32 Å². The highest BCUT2D eigenvalue weighted by atomic mass is 19.1. The number of ether oxygens (including phenoxy) is 1. The summed E-state index contributed by atoms with van der Waals surface area (Å²) >= 11 is 0. The molecule has 0 radical (unpaired) electrons. The third-order valence-corrected chi connectivity index (χ3v) is 2.36. The molecule has 0 saturated carbocycles. The molecule has 0 aromatic heterocycles. The minimum Gasteiger partial charge on any atom is -0.372 e. The number of halogens is 1. The van der Waals surface area contributed by atoms with Gasteiger partial charge in [-0.25, -0.2) is 4.39 Å². The summed E-state index contributed by atoms with van der Waals surface area (Å²) in [6.45, 7) is 2.11. The van der Waals surface area contributed by atoms with Crippen LogP contribution in [0.4, 0.5) is 10.1 Å². The first-order valence-electron chi connectivity index (χ1n) is 5.90. The Balaban J connectivity index is 2.42. The van der Waals surface area contributed by atoms with Gasteiger partial charge in [-0.2, -0.15) is 0 Å². The predicted molar refractivity (Wildman–Crippen MR) is 69.2 cm³/mol. The zero-order valence-corrected chi connectivity index (χ0v) is 11.0. The van der Waals surface area contributed by atoms with Crippen LogP contribution in [0.25, 0.3) is 0 Å². The molecule has 0 bridgehead atoms. The van der Waals surface area contributed by atoms with Gasteiger partial charge in [0.2, 0.25) is 11.8 Å². The van der Waals surface area contributed by atoms with E-state index >= 15 is 0 Å². The maximum Gasteiger partial charge on any atom is 0.248 e. The molecule has 0 unspecified atom stereocenters. The van der Waals surface area contributed by atoms with E-state index in [9.17, 15) is 14.0 Å². The summed E-state index contributed by atoms with van der Waals surface area (Å²) in [4.78, 5) is 24.4. The van der Waals surface area contributed by atoms with Gasteiger partial charge in [0, 0.05) is 19.3 Å². The van der Waals surface area contributed by atoms with Crippen molar-refractivity contribution in [3.05, 3.63) is 30.1 Å². The van der Waals surface area contributed by atoms with Gasteiger partial charge in [0.1, 0.15) is 12.4 Å². The third-order valence-electron chi connectivity index (χ3n) is 2.36. The van der Waals surface area contributed by atoms with Crippen LogP contribution in [0.15, 0.2) is 24.3 Å². The zero-order valence-electron chi connectivity index (χ0n) is 11.0. The van der Waals surface area contributed by atoms with Crippen LogP contribution in [-0.2, 0) is 14.3 Å². The van der Waals surface area contributed by atoms with E-state index in [-0.39, 0.29) is 30.8 Å². The number of anilines is 1. The molecule has 0 spiro atoms. The smallest absolute Gasteiger partial charge is 0.248 e. The Morgan fingerprint density at radius 3 is 2.53 bits per heavy atom. The average molecular weight is 268 g/mol. The van der Waals surface area contributed by atoms with E-state index < -0.39 is 0 Å². The molecule has 1 N–H and O–H groups in total. The Kier molecular flexibility index (Phi) is 5.95. The van der Waals surface area contributed by atoms with Gasteiger partial charge in [0.15, 0.2) is 0 Å². The van der Waals surface area contributed by atoms with Crippen LogP contribution in [0.3, 0.4) is 0 Å².